The van der Waals surface area contributed by atoms with Crippen molar-refractivity contribution in [2.24, 2.45) is 0 Å². The highest BCUT2D eigenvalue weighted by atomic mass is 35.5. The van der Waals surface area contributed by atoms with Crippen LogP contribution in [0.1, 0.15) is 15.9 Å². The van der Waals surface area contributed by atoms with Gasteiger partial charge in [-0.25, -0.2) is 8.42 Å². The maximum Gasteiger partial charge on any atom is 0.264 e. The minimum Gasteiger partial charge on any atom is -0.495 e. The molecule has 0 unspecified atom stereocenters. The quantitative estimate of drug-likeness (QED) is 0.454. The Labute approximate surface area is 193 Å². The highest BCUT2D eigenvalue weighted by Crippen LogP contribution is 2.31. The fraction of sp³-hybridized carbons (Fsp3) is 0.125. The normalized spacial score (nSPS) is 11.0. The highest BCUT2D eigenvalue weighted by Gasteiger charge is 2.26. The van der Waals surface area contributed by atoms with Crippen molar-refractivity contribution in [2.45, 2.75) is 11.8 Å². The van der Waals surface area contributed by atoms with Crippen molar-refractivity contribution >= 4 is 38.9 Å². The number of nitrogens with zero attached hydrogens (tertiary/aromatic N) is 1. The third-order valence-electron chi connectivity index (χ3n) is 4.70. The van der Waals surface area contributed by atoms with Gasteiger partial charge in [0.05, 0.1) is 34.9 Å². The maximum atomic E-state index is 13.4. The molecule has 0 aliphatic carbocycles. The molecule has 0 fully saturated rings. The lowest BCUT2D eigenvalue weighted by Gasteiger charge is -2.24. The van der Waals surface area contributed by atoms with Crippen LogP contribution in [0.5, 0.6) is 5.75 Å². The first-order chi connectivity index (χ1) is 15.3. The molecule has 0 aliphatic heterocycles. The minimum absolute atomic E-state index is 0.0168. The Morgan fingerprint density at radius 1 is 1.12 bits per heavy atom. The van der Waals surface area contributed by atoms with Crippen LogP contribution in [-0.4, -0.2) is 28.0 Å². The van der Waals surface area contributed by atoms with E-state index in [1.165, 1.54) is 31.4 Å². The Balaban J connectivity index is 1.97. The Bertz CT molecular complexity index is 1260. The van der Waals surface area contributed by atoms with Crippen molar-refractivity contribution < 1.29 is 17.9 Å². The largest absolute Gasteiger partial charge is 0.495 e. The summed E-state index contributed by atoms with van der Waals surface area (Å²) >= 11 is 6.25. The van der Waals surface area contributed by atoms with Crippen LogP contribution in [0.4, 0.5) is 11.4 Å². The molecule has 3 rings (SSSR count). The number of halogens is 1. The minimum atomic E-state index is -4.01. The lowest BCUT2D eigenvalue weighted by atomic mass is 10.1. The molecule has 0 heterocycles. The third kappa shape index (κ3) is 4.95. The number of ether oxygens (including phenoxy) is 1. The smallest absolute Gasteiger partial charge is 0.264 e. The molecule has 8 heteroatoms. The van der Waals surface area contributed by atoms with Gasteiger partial charge in [0, 0.05) is 5.56 Å². The number of amides is 1. The number of aryl methyl sites for hydroxylation is 1. The number of hydrogen-bond donors (Lipinski definition) is 1. The van der Waals surface area contributed by atoms with Gasteiger partial charge in [0.2, 0.25) is 0 Å². The molecule has 166 valence electrons. The SMILES string of the molecule is C=CCN(c1ccccc1Cl)S(=O)(=O)c1cccc(C(=O)Nc2cc(C)ccc2OC)c1. The summed E-state index contributed by atoms with van der Waals surface area (Å²) in [6.45, 7) is 5.56. The van der Waals surface area contributed by atoms with Crippen molar-refractivity contribution in [3.63, 3.8) is 0 Å². The van der Waals surface area contributed by atoms with E-state index >= 15 is 0 Å². The number of methoxy groups -OCH3 is 1. The molecule has 0 aliphatic rings. The zero-order chi connectivity index (χ0) is 23.3. The van der Waals surface area contributed by atoms with Crippen LogP contribution in [0.3, 0.4) is 0 Å². The standard InChI is InChI=1S/C24H23ClN2O4S/c1-4-14-27(22-11-6-5-10-20(22)25)32(29,30)19-9-7-8-18(16-19)24(28)26-21-15-17(2)12-13-23(21)31-3/h4-13,15-16H,1,14H2,2-3H3,(H,26,28). The van der Waals surface area contributed by atoms with E-state index < -0.39 is 15.9 Å². The van der Waals surface area contributed by atoms with E-state index in [1.807, 2.05) is 13.0 Å². The zero-order valence-corrected chi connectivity index (χ0v) is 19.3. The molecule has 0 bridgehead atoms. The third-order valence-corrected chi connectivity index (χ3v) is 6.80. The van der Waals surface area contributed by atoms with Crippen molar-refractivity contribution in [2.75, 3.05) is 23.3 Å². The van der Waals surface area contributed by atoms with Crippen LogP contribution < -0.4 is 14.4 Å². The number of para-hydroxylation sites is 1. The Kier molecular flexibility index (Phi) is 7.22. The summed E-state index contributed by atoms with van der Waals surface area (Å²) in [5, 5.41) is 3.07. The van der Waals surface area contributed by atoms with Gasteiger partial charge in [0.25, 0.3) is 15.9 Å². The van der Waals surface area contributed by atoms with Gasteiger partial charge in [0.15, 0.2) is 0 Å². The molecule has 0 radical (unpaired) electrons. The lowest BCUT2D eigenvalue weighted by molar-refractivity contribution is 0.102. The summed E-state index contributed by atoms with van der Waals surface area (Å²) in [4.78, 5) is 12.8. The van der Waals surface area contributed by atoms with E-state index in [1.54, 1.807) is 42.5 Å². The summed E-state index contributed by atoms with van der Waals surface area (Å²) in [6.07, 6.45) is 1.47. The lowest BCUT2D eigenvalue weighted by Crippen LogP contribution is -2.31. The van der Waals surface area contributed by atoms with Gasteiger partial charge in [-0.15, -0.1) is 6.58 Å². The van der Waals surface area contributed by atoms with E-state index in [0.29, 0.717) is 22.1 Å². The summed E-state index contributed by atoms with van der Waals surface area (Å²) in [7, 11) is -2.50. The molecular weight excluding hydrogens is 448 g/mol. The second-order valence-corrected chi connectivity index (χ2v) is 9.23. The van der Waals surface area contributed by atoms with Crippen LogP contribution >= 0.6 is 11.6 Å². The molecule has 0 saturated carbocycles. The number of carbonyl (C=O) groups is 1. The Morgan fingerprint density at radius 2 is 1.88 bits per heavy atom. The van der Waals surface area contributed by atoms with Crippen molar-refractivity contribution in [3.8, 4) is 5.75 Å². The molecule has 0 saturated heterocycles. The topological polar surface area (TPSA) is 75.7 Å². The molecule has 0 aromatic heterocycles. The molecule has 3 aromatic carbocycles. The van der Waals surface area contributed by atoms with E-state index in [4.69, 9.17) is 16.3 Å². The molecule has 0 atom stereocenters. The molecule has 6 nitrogen and oxygen atoms in total. The number of sulfonamides is 1. The average molecular weight is 471 g/mol. The first-order valence-electron chi connectivity index (χ1n) is 9.72. The number of carbonyl (C=O) groups excluding carboxylic acids is 1. The van der Waals surface area contributed by atoms with Gasteiger partial charge in [-0.2, -0.15) is 0 Å². The highest BCUT2D eigenvalue weighted by molar-refractivity contribution is 7.92. The summed E-state index contributed by atoms with van der Waals surface area (Å²) in [5.74, 6) is 0.0440. The number of anilines is 2. The molecule has 1 N–H and O–H groups in total. The number of nitrogens with one attached hydrogen (secondary N) is 1. The Hall–Kier alpha value is -3.29. The van der Waals surface area contributed by atoms with Crippen molar-refractivity contribution in [1.82, 2.24) is 0 Å². The maximum absolute atomic E-state index is 13.4. The fourth-order valence-corrected chi connectivity index (χ4v) is 4.92. The van der Waals surface area contributed by atoms with Gasteiger partial charge < -0.3 is 10.1 Å². The predicted molar refractivity (Wildman–Crippen MR) is 128 cm³/mol. The van der Waals surface area contributed by atoms with Crippen LogP contribution in [0.2, 0.25) is 5.02 Å². The van der Waals surface area contributed by atoms with E-state index in [2.05, 4.69) is 11.9 Å². The van der Waals surface area contributed by atoms with E-state index in [9.17, 15) is 13.2 Å². The summed E-state index contributed by atoms with van der Waals surface area (Å²) < 4.78 is 33.3. The van der Waals surface area contributed by atoms with Gasteiger partial charge in [0.1, 0.15) is 5.75 Å². The number of hydrogen-bond acceptors (Lipinski definition) is 4. The van der Waals surface area contributed by atoms with Crippen molar-refractivity contribution in [1.29, 1.82) is 0 Å². The number of benzene rings is 3. The van der Waals surface area contributed by atoms with E-state index in [0.717, 1.165) is 9.87 Å². The monoisotopic (exact) mass is 470 g/mol. The van der Waals surface area contributed by atoms with Gasteiger partial charge in [-0.3, -0.25) is 9.10 Å². The van der Waals surface area contributed by atoms with Gasteiger partial charge in [-0.05, 0) is 55.0 Å². The molecule has 3 aromatic rings. The van der Waals surface area contributed by atoms with Crippen LogP contribution in [0.15, 0.2) is 84.3 Å². The summed E-state index contributed by atoms with van der Waals surface area (Å²) in [5.41, 5.74) is 1.95. The molecule has 1 amide bonds. The van der Waals surface area contributed by atoms with Crippen molar-refractivity contribution in [3.05, 3.63) is 95.5 Å². The average Bonchev–Trinajstić information content (AvgIpc) is 2.78. The van der Waals surface area contributed by atoms with E-state index in [-0.39, 0.29) is 17.0 Å². The van der Waals surface area contributed by atoms with Crippen LogP contribution in [0.25, 0.3) is 0 Å². The molecular formula is C24H23ClN2O4S. The van der Waals surface area contributed by atoms with Crippen LogP contribution in [-0.2, 0) is 10.0 Å². The van der Waals surface area contributed by atoms with Gasteiger partial charge >= 0.3 is 0 Å². The predicted octanol–water partition coefficient (Wildman–Crippen LogP) is 5.29. The molecule has 32 heavy (non-hydrogen) atoms. The number of rotatable bonds is 8. The molecule has 0 spiro atoms. The first-order valence-corrected chi connectivity index (χ1v) is 11.5. The van der Waals surface area contributed by atoms with Crippen LogP contribution in [0, 0.1) is 6.92 Å². The second kappa shape index (κ2) is 9.89. The second-order valence-electron chi connectivity index (χ2n) is 6.96. The Morgan fingerprint density at radius 3 is 2.56 bits per heavy atom. The fourth-order valence-electron chi connectivity index (χ4n) is 3.14. The zero-order valence-electron chi connectivity index (χ0n) is 17.7. The summed E-state index contributed by atoms with van der Waals surface area (Å²) in [6, 6.07) is 17.9. The van der Waals surface area contributed by atoms with Gasteiger partial charge in [-0.1, -0.05) is 41.9 Å². The first kappa shape index (κ1) is 23.4.